The number of H-pyrrole nitrogens is 1. The van der Waals surface area contributed by atoms with E-state index in [4.69, 9.17) is 24.1 Å². The van der Waals surface area contributed by atoms with Gasteiger partial charge in [0.25, 0.3) is 5.56 Å². The molecule has 0 saturated carbocycles. The van der Waals surface area contributed by atoms with Gasteiger partial charge in [0, 0.05) is 17.2 Å². The van der Waals surface area contributed by atoms with Crippen LogP contribution in [0.1, 0.15) is 51.0 Å². The van der Waals surface area contributed by atoms with Crippen LogP contribution in [0.4, 0.5) is 0 Å². The highest BCUT2D eigenvalue weighted by Gasteiger charge is 2.55. The summed E-state index contributed by atoms with van der Waals surface area (Å²) in [6, 6.07) is 5.32. The molecule has 0 radical (unpaired) electrons. The molecule has 1 aliphatic rings. The minimum absolute atomic E-state index is 0.0111. The summed E-state index contributed by atoms with van der Waals surface area (Å²) in [5.74, 6) is -0.485. The van der Waals surface area contributed by atoms with E-state index >= 15 is 0 Å². The number of hydrogen-bond acceptors (Lipinski definition) is 10. The van der Waals surface area contributed by atoms with Crippen LogP contribution in [0.25, 0.3) is 10.4 Å². The summed E-state index contributed by atoms with van der Waals surface area (Å²) in [4.78, 5) is 40.9. The molecule has 1 aromatic carbocycles. The Bertz CT molecular complexity index is 1450. The lowest BCUT2D eigenvalue weighted by Gasteiger charge is -2.28. The lowest BCUT2D eigenvalue weighted by molar-refractivity contribution is -0.142. The number of aromatic nitrogens is 2. The molecule has 0 spiro atoms. The molecule has 6 atom stereocenters. The predicted molar refractivity (Wildman–Crippen MR) is 143 cm³/mol. The van der Waals surface area contributed by atoms with Crippen LogP contribution in [-0.2, 0) is 23.4 Å². The quantitative estimate of drug-likeness (QED) is 0.116. The summed E-state index contributed by atoms with van der Waals surface area (Å²) >= 11 is 0. The Kier molecular flexibility index (Phi) is 9.62. The van der Waals surface area contributed by atoms with E-state index in [1.165, 1.54) is 21.0 Å². The van der Waals surface area contributed by atoms with Crippen molar-refractivity contribution >= 4 is 13.7 Å². The molecule has 40 heavy (non-hydrogen) atoms. The van der Waals surface area contributed by atoms with Gasteiger partial charge in [-0.25, -0.2) is 9.36 Å². The molecule has 1 aromatic heterocycles. The van der Waals surface area contributed by atoms with Crippen molar-refractivity contribution in [2.24, 2.45) is 5.11 Å². The zero-order chi connectivity index (χ0) is 29.8. The molecule has 0 bridgehead atoms. The molecule has 16 heteroatoms. The summed E-state index contributed by atoms with van der Waals surface area (Å²) in [5, 5.41) is 17.3. The molecule has 2 unspecified atom stereocenters. The number of esters is 1. The number of carbonyl (C=O) groups excluding carboxylic acids is 1. The van der Waals surface area contributed by atoms with Crippen molar-refractivity contribution in [1.82, 2.24) is 14.6 Å². The Morgan fingerprint density at radius 2 is 2.05 bits per heavy atom. The molecule has 2 heterocycles. The average Bonchev–Trinajstić information content (AvgIpc) is 3.12. The van der Waals surface area contributed by atoms with Gasteiger partial charge in [-0.05, 0) is 49.4 Å². The molecule has 0 aliphatic carbocycles. The van der Waals surface area contributed by atoms with Gasteiger partial charge in [0.1, 0.15) is 23.4 Å². The van der Waals surface area contributed by atoms with Gasteiger partial charge >= 0.3 is 19.4 Å². The first kappa shape index (κ1) is 31.1. The van der Waals surface area contributed by atoms with Crippen molar-refractivity contribution in [3.05, 3.63) is 72.9 Å². The first-order chi connectivity index (χ1) is 18.7. The second-order valence-electron chi connectivity index (χ2n) is 9.86. The van der Waals surface area contributed by atoms with Crippen molar-refractivity contribution in [1.29, 1.82) is 0 Å². The van der Waals surface area contributed by atoms with Gasteiger partial charge in [-0.1, -0.05) is 31.1 Å². The highest BCUT2D eigenvalue weighted by atomic mass is 31.2. The minimum atomic E-state index is -4.36. The zero-order valence-corrected chi connectivity index (χ0v) is 23.8. The number of rotatable bonds is 11. The van der Waals surface area contributed by atoms with Crippen molar-refractivity contribution in [2.75, 3.05) is 13.7 Å². The number of methoxy groups -OCH3 is 1. The van der Waals surface area contributed by atoms with Gasteiger partial charge in [-0.3, -0.25) is 23.7 Å². The Hall–Kier alpha value is -3.45. The van der Waals surface area contributed by atoms with E-state index in [2.05, 4.69) is 20.1 Å². The lowest BCUT2D eigenvalue weighted by Crippen LogP contribution is -2.45. The summed E-state index contributed by atoms with van der Waals surface area (Å²) in [6.07, 6.45) is -3.06. The Morgan fingerprint density at radius 3 is 2.65 bits per heavy atom. The molecule has 3 rings (SSSR count). The largest absolute Gasteiger partial charge is 0.468 e. The number of nitrogens with one attached hydrogen (secondary N) is 2. The number of hydrogen-bond donors (Lipinski definition) is 3. The van der Waals surface area contributed by atoms with E-state index in [1.54, 1.807) is 6.07 Å². The van der Waals surface area contributed by atoms with Crippen LogP contribution in [0.15, 0.2) is 45.2 Å². The maximum atomic E-state index is 14.0. The number of aromatic amines is 1. The third kappa shape index (κ3) is 6.64. The Balaban J connectivity index is 1.95. The fourth-order valence-corrected chi connectivity index (χ4v) is 5.77. The maximum Gasteiger partial charge on any atom is 0.459 e. The molecule has 1 aliphatic heterocycles. The third-order valence-electron chi connectivity index (χ3n) is 6.44. The molecule has 1 saturated heterocycles. The van der Waals surface area contributed by atoms with Gasteiger partial charge < -0.3 is 19.1 Å². The number of ether oxygens (including phenoxy) is 2. The number of benzene rings is 1. The number of aliphatic hydroxyl groups is 1. The summed E-state index contributed by atoms with van der Waals surface area (Å²) < 4.78 is 37.1. The van der Waals surface area contributed by atoms with Crippen LogP contribution in [-0.4, -0.2) is 58.1 Å². The number of carbonyl (C=O) groups is 1. The molecule has 15 nitrogen and oxygen atoms in total. The van der Waals surface area contributed by atoms with Crippen molar-refractivity contribution < 1.29 is 33.0 Å². The highest BCUT2D eigenvalue weighted by Crippen LogP contribution is 2.49. The monoisotopic (exact) mass is 580 g/mol. The number of aliphatic hydroxyl groups excluding tert-OH is 1. The van der Waals surface area contributed by atoms with Crippen molar-refractivity contribution in [3.63, 3.8) is 0 Å². The SMILES string of the molecule is COC(=O)[C@H](C)NP(=O)(OC[C@H]1OC(n2ccc(=O)[nH]c2=O)[C@](C)(N=[N+]=[N-])[C@@H]1O)Oc1cc(C)ccc1C(C)C. The van der Waals surface area contributed by atoms with Crippen LogP contribution in [0.5, 0.6) is 5.75 Å². The molecular formula is C24H33N6O9P. The topological polar surface area (TPSA) is 207 Å². The second kappa shape index (κ2) is 12.4. The van der Waals surface area contributed by atoms with Gasteiger partial charge in [0.2, 0.25) is 0 Å². The van der Waals surface area contributed by atoms with Gasteiger partial charge in [-0.2, -0.15) is 5.09 Å². The molecule has 3 N–H and O–H groups in total. The summed E-state index contributed by atoms with van der Waals surface area (Å²) in [7, 11) is -3.19. The number of nitrogens with zero attached hydrogens (tertiary/aromatic N) is 4. The molecule has 2 aromatic rings. The molecule has 1 fully saturated rings. The van der Waals surface area contributed by atoms with E-state index in [-0.39, 0.29) is 11.7 Å². The smallest absolute Gasteiger partial charge is 0.459 e. The molecule has 218 valence electrons. The predicted octanol–water partition coefficient (Wildman–Crippen LogP) is 2.65. The standard InChI is InChI=1S/C24H33N6O9P/c1-13(2)16-8-7-14(3)11-17(16)39-40(35,27-15(4)21(33)36-6)37-12-18-20(32)24(5,28-29-25)22(38-18)30-10-9-19(31)26-23(30)34/h7-11,13,15,18,20,22,32H,12H2,1-6H3,(H,27,35)(H,26,31,34)/t15-,18+,20+,22?,24+,40?/m0/s1. The fourth-order valence-electron chi connectivity index (χ4n) is 4.25. The highest BCUT2D eigenvalue weighted by molar-refractivity contribution is 7.52. The van der Waals surface area contributed by atoms with Crippen LogP contribution in [0, 0.1) is 6.92 Å². The minimum Gasteiger partial charge on any atom is -0.468 e. The summed E-state index contributed by atoms with van der Waals surface area (Å²) in [6.45, 7) is 7.86. The number of azide groups is 1. The fraction of sp³-hybridized carbons (Fsp3) is 0.542. The normalized spacial score (nSPS) is 24.6. The van der Waals surface area contributed by atoms with E-state index in [1.807, 2.05) is 32.9 Å². The van der Waals surface area contributed by atoms with E-state index in [9.17, 15) is 24.1 Å². The van der Waals surface area contributed by atoms with Crippen molar-refractivity contribution in [3.8, 4) is 5.75 Å². The first-order valence-electron chi connectivity index (χ1n) is 12.4. The van der Waals surface area contributed by atoms with Crippen LogP contribution >= 0.6 is 7.75 Å². The lowest BCUT2D eigenvalue weighted by atomic mass is 9.93. The van der Waals surface area contributed by atoms with Crippen LogP contribution < -0.4 is 20.9 Å². The first-order valence-corrected chi connectivity index (χ1v) is 13.9. The Labute approximate surface area is 229 Å². The Morgan fingerprint density at radius 1 is 1.35 bits per heavy atom. The van der Waals surface area contributed by atoms with Gasteiger partial charge in [0.05, 0.1) is 19.8 Å². The summed E-state index contributed by atoms with van der Waals surface area (Å²) in [5.41, 5.74) is 7.45. The van der Waals surface area contributed by atoms with E-state index < -0.39 is 61.6 Å². The zero-order valence-electron chi connectivity index (χ0n) is 22.9. The van der Waals surface area contributed by atoms with Gasteiger partial charge in [0.15, 0.2) is 6.23 Å². The van der Waals surface area contributed by atoms with Crippen LogP contribution in [0.3, 0.4) is 0 Å². The maximum absolute atomic E-state index is 14.0. The van der Waals surface area contributed by atoms with E-state index in [0.29, 0.717) is 0 Å². The molecule has 0 amide bonds. The van der Waals surface area contributed by atoms with Gasteiger partial charge in [-0.15, -0.1) is 0 Å². The second-order valence-corrected chi connectivity index (χ2v) is 11.6. The number of aryl methyl sites for hydroxylation is 1. The molecular weight excluding hydrogens is 547 g/mol. The van der Waals surface area contributed by atoms with Crippen molar-refractivity contribution in [2.45, 2.75) is 70.6 Å². The average molecular weight is 581 g/mol. The van der Waals surface area contributed by atoms with Crippen LogP contribution in [0.2, 0.25) is 0 Å². The third-order valence-corrected chi connectivity index (χ3v) is 8.07. The van der Waals surface area contributed by atoms with E-state index in [0.717, 1.165) is 28.0 Å².